The first-order valence-corrected chi connectivity index (χ1v) is 9.56. The Bertz CT molecular complexity index is 1100. The third-order valence-electron chi connectivity index (χ3n) is 4.56. The molecule has 0 atom stereocenters. The highest BCUT2D eigenvalue weighted by atomic mass is 16.6. The van der Waals surface area contributed by atoms with Crippen molar-refractivity contribution in [1.29, 1.82) is 0 Å². The fourth-order valence-corrected chi connectivity index (χ4v) is 2.94. The van der Waals surface area contributed by atoms with Gasteiger partial charge in [-0.1, -0.05) is 35.9 Å². The van der Waals surface area contributed by atoms with E-state index in [-0.39, 0.29) is 29.4 Å². The van der Waals surface area contributed by atoms with Gasteiger partial charge in [-0.05, 0) is 43.3 Å². The van der Waals surface area contributed by atoms with Gasteiger partial charge in [0.05, 0.1) is 11.5 Å². The van der Waals surface area contributed by atoms with E-state index >= 15 is 0 Å². The van der Waals surface area contributed by atoms with Crippen LogP contribution in [0.15, 0.2) is 72.8 Å². The lowest BCUT2D eigenvalue weighted by Gasteiger charge is -2.17. The summed E-state index contributed by atoms with van der Waals surface area (Å²) in [5.41, 5.74) is 2.55. The van der Waals surface area contributed by atoms with E-state index in [0.717, 1.165) is 5.56 Å². The maximum atomic E-state index is 12.7. The van der Waals surface area contributed by atoms with E-state index in [4.69, 9.17) is 0 Å². The molecule has 0 radical (unpaired) electrons. The van der Waals surface area contributed by atoms with Gasteiger partial charge in [-0.3, -0.25) is 19.7 Å². The molecule has 2 N–H and O–H groups in total. The fraction of sp³-hybridized carbons (Fsp3) is 0.130. The number of benzene rings is 3. The predicted molar refractivity (Wildman–Crippen MR) is 120 cm³/mol. The van der Waals surface area contributed by atoms with Gasteiger partial charge in [0.15, 0.2) is 0 Å². The van der Waals surface area contributed by atoms with Crippen LogP contribution in [-0.4, -0.2) is 35.2 Å². The molecule has 0 aliphatic rings. The number of hydrogen-bond acceptors (Lipinski definition) is 5. The zero-order valence-electron chi connectivity index (χ0n) is 17.2. The van der Waals surface area contributed by atoms with Crippen molar-refractivity contribution in [3.8, 4) is 0 Å². The molecule has 31 heavy (non-hydrogen) atoms. The van der Waals surface area contributed by atoms with Gasteiger partial charge in [0.25, 0.3) is 11.6 Å². The monoisotopic (exact) mass is 418 g/mol. The topological polar surface area (TPSA) is 105 Å². The lowest BCUT2D eigenvalue weighted by Crippen LogP contribution is -2.35. The number of nitrogens with zero attached hydrogens (tertiary/aromatic N) is 2. The number of nitrogens with one attached hydrogen (secondary N) is 2. The molecule has 0 saturated heterocycles. The summed E-state index contributed by atoms with van der Waals surface area (Å²) in [7, 11) is 1.47. The minimum atomic E-state index is -0.549. The Hall–Kier alpha value is -4.20. The van der Waals surface area contributed by atoms with Gasteiger partial charge >= 0.3 is 0 Å². The number of nitro groups is 1. The van der Waals surface area contributed by atoms with E-state index in [0.29, 0.717) is 11.4 Å². The van der Waals surface area contributed by atoms with Crippen molar-refractivity contribution in [3.63, 3.8) is 0 Å². The largest absolute Gasteiger partial charge is 0.350 e. The molecule has 158 valence electrons. The van der Waals surface area contributed by atoms with Crippen LogP contribution in [0.25, 0.3) is 0 Å². The first kappa shape index (κ1) is 21.5. The molecule has 8 nitrogen and oxygen atoms in total. The van der Waals surface area contributed by atoms with Crippen LogP contribution < -0.4 is 10.6 Å². The van der Waals surface area contributed by atoms with Crippen LogP contribution in [0.4, 0.5) is 22.7 Å². The van der Waals surface area contributed by atoms with Crippen LogP contribution in [0.5, 0.6) is 0 Å². The van der Waals surface area contributed by atoms with Crippen LogP contribution in [0.3, 0.4) is 0 Å². The number of likely N-dealkylation sites (N-methyl/N-ethyl adjacent to an activating group) is 1. The Balaban J connectivity index is 1.71. The standard InChI is InChI=1S/C23H22N4O4/c1-16-8-11-19(12-9-16)25-22(28)15-26(2)23(29)17-10-13-20(21(14-17)27(30)31)24-18-6-4-3-5-7-18/h3-14,24H,15H2,1-2H3,(H,25,28). The second-order valence-electron chi connectivity index (χ2n) is 7.06. The molecule has 0 aliphatic carbocycles. The molecule has 0 unspecified atom stereocenters. The average molecular weight is 418 g/mol. The van der Waals surface area contributed by atoms with Crippen molar-refractivity contribution >= 4 is 34.6 Å². The summed E-state index contributed by atoms with van der Waals surface area (Å²) in [4.78, 5) is 37.2. The van der Waals surface area contributed by atoms with Crippen LogP contribution in [0.1, 0.15) is 15.9 Å². The molecule has 2 amide bonds. The quantitative estimate of drug-likeness (QED) is 0.438. The second-order valence-corrected chi connectivity index (χ2v) is 7.06. The van der Waals surface area contributed by atoms with Crippen molar-refractivity contribution in [2.75, 3.05) is 24.2 Å². The number of nitro benzene ring substituents is 1. The number of rotatable bonds is 7. The molecule has 0 spiro atoms. The van der Waals surface area contributed by atoms with Gasteiger partial charge < -0.3 is 15.5 Å². The summed E-state index contributed by atoms with van der Waals surface area (Å²) in [6.45, 7) is 1.75. The molecule has 3 rings (SSSR count). The van der Waals surface area contributed by atoms with Crippen molar-refractivity contribution in [2.45, 2.75) is 6.92 Å². The fourth-order valence-electron chi connectivity index (χ4n) is 2.94. The van der Waals surface area contributed by atoms with E-state index in [1.165, 1.54) is 30.1 Å². The van der Waals surface area contributed by atoms with E-state index in [2.05, 4.69) is 10.6 Å². The average Bonchev–Trinajstić information content (AvgIpc) is 2.75. The molecule has 3 aromatic carbocycles. The number of para-hydroxylation sites is 1. The molecule has 3 aromatic rings. The number of carbonyl (C=O) groups excluding carboxylic acids is 2. The lowest BCUT2D eigenvalue weighted by molar-refractivity contribution is -0.383. The summed E-state index contributed by atoms with van der Waals surface area (Å²) in [5.74, 6) is -0.856. The number of amides is 2. The van der Waals surface area contributed by atoms with Gasteiger partial charge in [0.1, 0.15) is 5.69 Å². The summed E-state index contributed by atoms with van der Waals surface area (Å²) < 4.78 is 0. The molecule has 0 saturated carbocycles. The van der Waals surface area contributed by atoms with E-state index in [1.807, 2.05) is 37.3 Å². The van der Waals surface area contributed by atoms with Gasteiger partial charge in [0.2, 0.25) is 5.91 Å². The zero-order chi connectivity index (χ0) is 22.4. The zero-order valence-corrected chi connectivity index (χ0v) is 17.2. The maximum absolute atomic E-state index is 12.7. The second kappa shape index (κ2) is 9.53. The van der Waals surface area contributed by atoms with Crippen LogP contribution in [0, 0.1) is 17.0 Å². The van der Waals surface area contributed by atoms with Gasteiger partial charge in [-0.2, -0.15) is 0 Å². The number of carbonyl (C=O) groups is 2. The van der Waals surface area contributed by atoms with Gasteiger partial charge in [0, 0.05) is 30.1 Å². The molecule has 0 aliphatic heterocycles. The molecule has 0 bridgehead atoms. The van der Waals surface area contributed by atoms with E-state index in [9.17, 15) is 19.7 Å². The highest BCUT2D eigenvalue weighted by molar-refractivity contribution is 6.00. The Morgan fingerprint density at radius 3 is 2.29 bits per heavy atom. The molecule has 8 heteroatoms. The minimum absolute atomic E-state index is 0.121. The van der Waals surface area contributed by atoms with Crippen molar-refractivity contribution in [1.82, 2.24) is 4.90 Å². The van der Waals surface area contributed by atoms with Crippen LogP contribution >= 0.6 is 0 Å². The first-order valence-electron chi connectivity index (χ1n) is 9.56. The Labute approximate surface area is 179 Å². The summed E-state index contributed by atoms with van der Waals surface area (Å²) >= 11 is 0. The summed E-state index contributed by atoms with van der Waals surface area (Å²) in [5, 5.41) is 17.2. The number of aryl methyl sites for hydroxylation is 1. The van der Waals surface area contributed by atoms with Gasteiger partial charge in [-0.15, -0.1) is 0 Å². The molecule has 0 aromatic heterocycles. The molecule has 0 fully saturated rings. The summed E-state index contributed by atoms with van der Waals surface area (Å²) in [6.07, 6.45) is 0. The van der Waals surface area contributed by atoms with Gasteiger partial charge in [-0.25, -0.2) is 0 Å². The van der Waals surface area contributed by atoms with Crippen molar-refractivity contribution in [3.05, 3.63) is 94.0 Å². The highest BCUT2D eigenvalue weighted by Gasteiger charge is 2.21. The predicted octanol–water partition coefficient (Wildman–Crippen LogP) is 4.36. The van der Waals surface area contributed by atoms with Crippen LogP contribution in [-0.2, 0) is 4.79 Å². The summed E-state index contributed by atoms with van der Waals surface area (Å²) in [6, 6.07) is 20.5. The Morgan fingerprint density at radius 1 is 0.968 bits per heavy atom. The number of anilines is 3. The third kappa shape index (κ3) is 5.66. The Morgan fingerprint density at radius 2 is 1.65 bits per heavy atom. The smallest absolute Gasteiger partial charge is 0.293 e. The SMILES string of the molecule is Cc1ccc(NC(=O)CN(C)C(=O)c2ccc(Nc3ccccc3)c([N+](=O)[O-])c2)cc1. The molecule has 0 heterocycles. The maximum Gasteiger partial charge on any atom is 0.293 e. The normalized spacial score (nSPS) is 10.3. The van der Waals surface area contributed by atoms with Crippen molar-refractivity contribution < 1.29 is 14.5 Å². The lowest BCUT2D eigenvalue weighted by atomic mass is 10.1. The number of hydrogen-bond donors (Lipinski definition) is 2. The Kier molecular flexibility index (Phi) is 6.61. The third-order valence-corrected chi connectivity index (χ3v) is 4.56. The van der Waals surface area contributed by atoms with Crippen LogP contribution in [0.2, 0.25) is 0 Å². The van der Waals surface area contributed by atoms with E-state index in [1.54, 1.807) is 24.3 Å². The minimum Gasteiger partial charge on any atom is -0.350 e. The molecular weight excluding hydrogens is 396 g/mol. The van der Waals surface area contributed by atoms with Crippen molar-refractivity contribution in [2.24, 2.45) is 0 Å². The van der Waals surface area contributed by atoms with E-state index < -0.39 is 10.8 Å². The highest BCUT2D eigenvalue weighted by Crippen LogP contribution is 2.29. The molecular formula is C23H22N4O4. The first-order chi connectivity index (χ1) is 14.8.